The highest BCUT2D eigenvalue weighted by atomic mass is 16.5. The van der Waals surface area contributed by atoms with E-state index in [2.05, 4.69) is 31.8 Å². The van der Waals surface area contributed by atoms with Gasteiger partial charge in [0.1, 0.15) is 5.75 Å². The van der Waals surface area contributed by atoms with Gasteiger partial charge in [-0.05, 0) is 56.5 Å². The van der Waals surface area contributed by atoms with Crippen LogP contribution in [0.5, 0.6) is 11.6 Å². The van der Waals surface area contributed by atoms with Gasteiger partial charge in [-0.2, -0.15) is 5.10 Å². The van der Waals surface area contributed by atoms with Gasteiger partial charge in [0.05, 0.1) is 11.3 Å². The number of rotatable bonds is 7. The number of carboxylic acid groups (broad SMARTS) is 1. The number of amides is 1. The largest absolute Gasteiger partial charge is 0.465 e. The van der Waals surface area contributed by atoms with E-state index in [4.69, 9.17) is 9.72 Å². The van der Waals surface area contributed by atoms with Crippen LogP contribution in [0.15, 0.2) is 67.1 Å². The fraction of sp³-hybridized carbons (Fsp3) is 0.258. The Morgan fingerprint density at radius 1 is 1.02 bits per heavy atom. The van der Waals surface area contributed by atoms with Crippen molar-refractivity contribution < 1.29 is 14.6 Å². The maximum atomic E-state index is 11.4. The number of pyridine rings is 1. The third kappa shape index (κ3) is 5.53. The van der Waals surface area contributed by atoms with E-state index in [1.807, 2.05) is 69.6 Å². The van der Waals surface area contributed by atoms with E-state index < -0.39 is 6.09 Å². The topological polar surface area (TPSA) is 130 Å². The molecule has 0 aliphatic carbocycles. The summed E-state index contributed by atoms with van der Waals surface area (Å²) in [5.74, 6) is 2.36. The van der Waals surface area contributed by atoms with Crippen LogP contribution in [0.3, 0.4) is 0 Å². The van der Waals surface area contributed by atoms with Gasteiger partial charge in [0.2, 0.25) is 11.8 Å². The zero-order valence-electron chi connectivity index (χ0n) is 23.7. The van der Waals surface area contributed by atoms with Crippen LogP contribution in [-0.2, 0) is 7.05 Å². The number of carbonyl (C=O) groups is 1. The summed E-state index contributed by atoms with van der Waals surface area (Å²) < 4.78 is 8.35. The summed E-state index contributed by atoms with van der Waals surface area (Å²) in [6.07, 6.45) is 6.07. The van der Waals surface area contributed by atoms with Crippen LogP contribution < -0.4 is 15.4 Å². The number of hydrogen-bond donors (Lipinski definition) is 3. The van der Waals surface area contributed by atoms with Gasteiger partial charge in [-0.1, -0.05) is 24.3 Å². The van der Waals surface area contributed by atoms with Crippen molar-refractivity contribution in [2.45, 2.75) is 32.7 Å². The highest BCUT2D eigenvalue weighted by Gasteiger charge is 2.24. The predicted octanol–water partition coefficient (Wildman–Crippen LogP) is 6.13. The lowest BCUT2D eigenvalue weighted by atomic mass is 10.0. The van der Waals surface area contributed by atoms with Crippen molar-refractivity contribution in [1.29, 1.82) is 0 Å². The maximum Gasteiger partial charge on any atom is 0.407 e. The fourth-order valence-electron chi connectivity index (χ4n) is 5.33. The van der Waals surface area contributed by atoms with E-state index in [1.54, 1.807) is 17.1 Å². The molecule has 214 valence electrons. The number of piperidine rings is 1. The lowest BCUT2D eigenvalue weighted by Crippen LogP contribution is -2.44. The standard InChI is InChI=1S/C31H32N8O3/c1-19-11-12-22-23(8-4-10-25(22)35-28-20(2)17-38(3)37-28)27(19)42-29-24(9-5-14-32-29)26-13-15-33-30(36-26)34-21-7-6-16-39(18-21)31(40)41/h4-5,8-15,17,21H,6-7,16,18H2,1-3H3,(H,35,37)(H,40,41)(H,33,34,36). The molecular formula is C31H32N8O3. The minimum atomic E-state index is -0.910. The van der Waals surface area contributed by atoms with Gasteiger partial charge >= 0.3 is 6.09 Å². The first kappa shape index (κ1) is 27.0. The van der Waals surface area contributed by atoms with Gasteiger partial charge in [-0.3, -0.25) is 4.68 Å². The average Bonchev–Trinajstić information content (AvgIpc) is 3.31. The molecule has 1 unspecified atom stereocenters. The highest BCUT2D eigenvalue weighted by Crippen LogP contribution is 2.39. The Balaban J connectivity index is 1.30. The molecule has 1 amide bonds. The number of anilines is 3. The third-order valence-electron chi connectivity index (χ3n) is 7.40. The molecule has 0 saturated carbocycles. The minimum absolute atomic E-state index is 0.0641. The number of nitrogens with zero attached hydrogens (tertiary/aromatic N) is 6. The van der Waals surface area contributed by atoms with E-state index in [1.165, 1.54) is 4.90 Å². The average molecular weight is 565 g/mol. The van der Waals surface area contributed by atoms with Crippen LogP contribution in [-0.4, -0.2) is 60.0 Å². The first-order valence-corrected chi connectivity index (χ1v) is 13.9. The summed E-state index contributed by atoms with van der Waals surface area (Å²) in [6.45, 7) is 4.97. The van der Waals surface area contributed by atoms with Gasteiger partial charge in [0, 0.05) is 66.8 Å². The number of likely N-dealkylation sites (tertiary alicyclic amines) is 1. The van der Waals surface area contributed by atoms with Gasteiger partial charge in [-0.25, -0.2) is 19.7 Å². The van der Waals surface area contributed by atoms with Crippen LogP contribution in [0.2, 0.25) is 0 Å². The molecule has 11 heteroatoms. The number of hydrogen-bond acceptors (Lipinski definition) is 8. The number of aryl methyl sites for hydroxylation is 3. The molecule has 11 nitrogen and oxygen atoms in total. The fourth-order valence-corrected chi connectivity index (χ4v) is 5.33. The SMILES string of the molecule is Cc1cn(C)nc1Nc1cccc2c(Oc3ncccc3-c3ccnc(NC4CCCN(C(=O)O)C4)n3)c(C)ccc12. The number of benzene rings is 2. The first-order valence-electron chi connectivity index (χ1n) is 13.9. The first-order chi connectivity index (χ1) is 20.4. The van der Waals surface area contributed by atoms with Crippen molar-refractivity contribution in [1.82, 2.24) is 29.6 Å². The molecule has 4 heterocycles. The second-order valence-electron chi connectivity index (χ2n) is 10.5. The normalized spacial score (nSPS) is 15.0. The predicted molar refractivity (Wildman–Crippen MR) is 161 cm³/mol. The Morgan fingerprint density at radius 2 is 1.90 bits per heavy atom. The van der Waals surface area contributed by atoms with Crippen molar-refractivity contribution in [2.24, 2.45) is 7.05 Å². The number of nitrogens with one attached hydrogen (secondary N) is 2. The quantitative estimate of drug-likeness (QED) is 0.214. The Morgan fingerprint density at radius 3 is 2.71 bits per heavy atom. The molecule has 1 atom stereocenters. The van der Waals surface area contributed by atoms with Crippen LogP contribution in [0.1, 0.15) is 24.0 Å². The molecule has 5 aromatic rings. The molecule has 42 heavy (non-hydrogen) atoms. The number of fused-ring (bicyclic) bond motifs is 1. The van der Waals surface area contributed by atoms with E-state index in [0.717, 1.165) is 46.2 Å². The Labute approximate surface area is 243 Å². The molecule has 3 aromatic heterocycles. The molecule has 0 spiro atoms. The van der Waals surface area contributed by atoms with Crippen molar-refractivity contribution in [3.63, 3.8) is 0 Å². The van der Waals surface area contributed by atoms with Crippen molar-refractivity contribution in [3.8, 4) is 22.9 Å². The lowest BCUT2D eigenvalue weighted by Gasteiger charge is -2.31. The van der Waals surface area contributed by atoms with Crippen LogP contribution in [0.25, 0.3) is 22.0 Å². The molecule has 0 bridgehead atoms. The zero-order chi connectivity index (χ0) is 29.2. The van der Waals surface area contributed by atoms with E-state index in [-0.39, 0.29) is 6.04 Å². The second kappa shape index (κ2) is 11.4. The molecule has 6 rings (SSSR count). The summed E-state index contributed by atoms with van der Waals surface area (Å²) in [4.78, 5) is 26.6. The minimum Gasteiger partial charge on any atom is -0.465 e. The van der Waals surface area contributed by atoms with Gasteiger partial charge < -0.3 is 25.4 Å². The molecule has 1 fully saturated rings. The summed E-state index contributed by atoms with van der Waals surface area (Å²) in [5, 5.41) is 22.6. The van der Waals surface area contributed by atoms with Gasteiger partial charge in [0.25, 0.3) is 0 Å². The van der Waals surface area contributed by atoms with Crippen molar-refractivity contribution in [2.75, 3.05) is 23.7 Å². The highest BCUT2D eigenvalue weighted by molar-refractivity contribution is 5.99. The number of ether oxygens (including phenoxy) is 1. The summed E-state index contributed by atoms with van der Waals surface area (Å²) in [6, 6.07) is 15.7. The maximum absolute atomic E-state index is 11.4. The van der Waals surface area contributed by atoms with Crippen LogP contribution >= 0.6 is 0 Å². The molecule has 1 aliphatic rings. The zero-order valence-corrected chi connectivity index (χ0v) is 23.7. The van der Waals surface area contributed by atoms with Crippen molar-refractivity contribution in [3.05, 3.63) is 78.2 Å². The molecule has 3 N–H and O–H groups in total. The smallest absolute Gasteiger partial charge is 0.407 e. The van der Waals surface area contributed by atoms with Crippen LogP contribution in [0, 0.1) is 13.8 Å². The summed E-state index contributed by atoms with van der Waals surface area (Å²) in [7, 11) is 1.90. The molecule has 1 saturated heterocycles. The Kier molecular flexibility index (Phi) is 7.30. The van der Waals surface area contributed by atoms with E-state index >= 15 is 0 Å². The number of aromatic nitrogens is 5. The summed E-state index contributed by atoms with van der Waals surface area (Å²) in [5.41, 5.74) is 4.31. The Bertz CT molecular complexity index is 1770. The van der Waals surface area contributed by atoms with E-state index in [9.17, 15) is 9.90 Å². The lowest BCUT2D eigenvalue weighted by molar-refractivity contribution is 0.132. The molecule has 0 radical (unpaired) electrons. The van der Waals surface area contributed by atoms with Crippen molar-refractivity contribution >= 4 is 34.3 Å². The molecular weight excluding hydrogens is 532 g/mol. The van der Waals surface area contributed by atoms with Gasteiger partial charge in [-0.15, -0.1) is 0 Å². The summed E-state index contributed by atoms with van der Waals surface area (Å²) >= 11 is 0. The monoisotopic (exact) mass is 564 g/mol. The van der Waals surface area contributed by atoms with Gasteiger partial charge in [0.15, 0.2) is 5.82 Å². The Hall–Kier alpha value is -5.19. The molecule has 1 aliphatic heterocycles. The third-order valence-corrected chi connectivity index (χ3v) is 7.40. The van der Waals surface area contributed by atoms with E-state index in [0.29, 0.717) is 41.9 Å². The second-order valence-corrected chi connectivity index (χ2v) is 10.5. The van der Waals surface area contributed by atoms with Crippen LogP contribution in [0.4, 0.5) is 22.2 Å². The molecule has 2 aromatic carbocycles.